The average Bonchev–Trinajstić information content (AvgIpc) is 3.21. The summed E-state index contributed by atoms with van der Waals surface area (Å²) in [7, 11) is -3.20. The van der Waals surface area contributed by atoms with Gasteiger partial charge < -0.3 is 4.90 Å². The van der Waals surface area contributed by atoms with Gasteiger partial charge in [0.15, 0.2) is 20.7 Å². The van der Waals surface area contributed by atoms with Crippen LogP contribution in [0.4, 0.5) is 0 Å². The summed E-state index contributed by atoms with van der Waals surface area (Å²) in [5, 5.41) is 0.601. The Hall–Kier alpha value is -2.42. The van der Waals surface area contributed by atoms with E-state index in [0.29, 0.717) is 17.3 Å². The van der Waals surface area contributed by atoms with Crippen LogP contribution in [0.5, 0.6) is 0 Å². The first-order valence-corrected chi connectivity index (χ1v) is 15.4. The number of hydrogen-bond acceptors (Lipinski definition) is 6. The Morgan fingerprint density at radius 2 is 1.84 bits per heavy atom. The van der Waals surface area contributed by atoms with Crippen LogP contribution in [0.2, 0.25) is 5.02 Å². The number of aryl methyl sites for hydroxylation is 1. The van der Waals surface area contributed by atoms with Gasteiger partial charge in [-0.1, -0.05) is 92.7 Å². The van der Waals surface area contributed by atoms with Gasteiger partial charge in [-0.05, 0) is 41.0 Å². The topological polar surface area (TPSA) is 80.2 Å². The molecule has 1 amide bonds. The van der Waals surface area contributed by atoms with Gasteiger partial charge in [0, 0.05) is 18.3 Å². The third-order valence-corrected chi connectivity index (χ3v) is 9.56. The highest BCUT2D eigenvalue weighted by Crippen LogP contribution is 2.28. The molecule has 1 fully saturated rings. The van der Waals surface area contributed by atoms with Crippen LogP contribution in [-0.4, -0.2) is 46.7 Å². The SMILES string of the molecule is Cc1ccccc1CSc1ncc(Cl)c(C(=O)N(Cc2ccc(C(C)(C)C)cc2)C2CCS(=O)(=O)C2)n1. The van der Waals surface area contributed by atoms with Gasteiger partial charge in [-0.2, -0.15) is 0 Å². The Labute approximate surface area is 228 Å². The number of carbonyl (C=O) groups excluding carboxylic acids is 1. The van der Waals surface area contributed by atoms with Crippen molar-refractivity contribution in [3.05, 3.63) is 87.7 Å². The molecule has 2 aromatic carbocycles. The highest BCUT2D eigenvalue weighted by Gasteiger charge is 2.36. The monoisotopic (exact) mass is 557 g/mol. The lowest BCUT2D eigenvalue weighted by Gasteiger charge is -2.29. The summed E-state index contributed by atoms with van der Waals surface area (Å²) in [5.41, 5.74) is 4.55. The van der Waals surface area contributed by atoms with Crippen LogP contribution in [0, 0.1) is 6.92 Å². The van der Waals surface area contributed by atoms with Crippen LogP contribution in [0.1, 0.15) is 59.9 Å². The van der Waals surface area contributed by atoms with Crippen LogP contribution in [0.25, 0.3) is 0 Å². The second-order valence-electron chi connectivity index (χ2n) is 10.5. The largest absolute Gasteiger partial charge is 0.329 e. The molecule has 4 rings (SSSR count). The first-order chi connectivity index (χ1) is 17.4. The zero-order chi connectivity index (χ0) is 26.8. The zero-order valence-electron chi connectivity index (χ0n) is 21.6. The van der Waals surface area contributed by atoms with E-state index < -0.39 is 15.9 Å². The average molecular weight is 558 g/mol. The van der Waals surface area contributed by atoms with Gasteiger partial charge in [-0.3, -0.25) is 4.79 Å². The summed E-state index contributed by atoms with van der Waals surface area (Å²) in [4.78, 5) is 24.3. The fraction of sp³-hybridized carbons (Fsp3) is 0.393. The van der Waals surface area contributed by atoms with Crippen LogP contribution in [0.15, 0.2) is 59.9 Å². The molecule has 9 heteroatoms. The molecule has 0 saturated carbocycles. The second-order valence-corrected chi connectivity index (χ2v) is 14.1. The van der Waals surface area contributed by atoms with E-state index >= 15 is 0 Å². The van der Waals surface area contributed by atoms with Gasteiger partial charge in [0.25, 0.3) is 5.91 Å². The number of thioether (sulfide) groups is 1. The van der Waals surface area contributed by atoms with Crippen molar-refractivity contribution >= 4 is 39.1 Å². The van der Waals surface area contributed by atoms with Crippen LogP contribution < -0.4 is 0 Å². The molecule has 1 saturated heterocycles. The minimum absolute atomic E-state index is 0.00834. The molecule has 1 aliphatic rings. The highest BCUT2D eigenvalue weighted by molar-refractivity contribution is 7.98. The molecular weight excluding hydrogens is 526 g/mol. The molecule has 6 nitrogen and oxygen atoms in total. The van der Waals surface area contributed by atoms with E-state index in [1.54, 1.807) is 4.90 Å². The molecule has 37 heavy (non-hydrogen) atoms. The van der Waals surface area contributed by atoms with Gasteiger partial charge in [0.1, 0.15) is 0 Å². The van der Waals surface area contributed by atoms with Gasteiger partial charge in [0.2, 0.25) is 0 Å². The predicted octanol–water partition coefficient (Wildman–Crippen LogP) is 5.86. The van der Waals surface area contributed by atoms with E-state index in [2.05, 4.69) is 61.9 Å². The van der Waals surface area contributed by atoms with Crippen molar-refractivity contribution in [3.63, 3.8) is 0 Å². The van der Waals surface area contributed by atoms with Crippen LogP contribution >= 0.6 is 23.4 Å². The van der Waals surface area contributed by atoms with Crippen molar-refractivity contribution in [1.29, 1.82) is 0 Å². The summed E-state index contributed by atoms with van der Waals surface area (Å²) in [6.07, 6.45) is 1.84. The standard InChI is InChI=1S/C28H32ClN3O3S2/c1-19-7-5-6-8-21(19)17-36-27-30-15-24(29)25(31-27)26(33)32(23-13-14-37(34,35)18-23)16-20-9-11-22(12-10-20)28(2,3)4/h5-12,15,23H,13-14,16-18H2,1-4H3. The smallest absolute Gasteiger partial charge is 0.274 e. The number of halogens is 1. The molecule has 0 bridgehead atoms. The van der Waals surface area contributed by atoms with Gasteiger partial charge in [-0.15, -0.1) is 0 Å². The second kappa shape index (κ2) is 11.1. The first-order valence-electron chi connectivity index (χ1n) is 12.2. The number of hydrogen-bond donors (Lipinski definition) is 0. The van der Waals surface area contributed by atoms with E-state index in [1.165, 1.54) is 29.1 Å². The molecule has 196 valence electrons. The number of benzene rings is 2. The van der Waals surface area contributed by atoms with Crippen molar-refractivity contribution in [2.45, 2.75) is 63.0 Å². The number of aromatic nitrogens is 2. The lowest BCUT2D eigenvalue weighted by atomic mass is 9.86. The first kappa shape index (κ1) is 27.6. The van der Waals surface area contributed by atoms with E-state index in [4.69, 9.17) is 11.6 Å². The van der Waals surface area contributed by atoms with Gasteiger partial charge in [0.05, 0.1) is 22.7 Å². The Balaban J connectivity index is 1.60. The Morgan fingerprint density at radius 1 is 1.14 bits per heavy atom. The number of sulfone groups is 1. The van der Waals surface area contributed by atoms with Crippen molar-refractivity contribution in [1.82, 2.24) is 14.9 Å². The minimum atomic E-state index is -3.20. The summed E-state index contributed by atoms with van der Waals surface area (Å²) >= 11 is 7.85. The molecule has 1 aromatic heterocycles. The summed E-state index contributed by atoms with van der Waals surface area (Å²) in [5.74, 6) is 0.287. The van der Waals surface area contributed by atoms with Crippen molar-refractivity contribution in [2.24, 2.45) is 0 Å². The maximum absolute atomic E-state index is 13.8. The maximum atomic E-state index is 13.8. The van der Waals surface area contributed by atoms with E-state index in [9.17, 15) is 13.2 Å². The zero-order valence-corrected chi connectivity index (χ0v) is 24.0. The minimum Gasteiger partial charge on any atom is -0.329 e. The fourth-order valence-electron chi connectivity index (χ4n) is 4.32. The van der Waals surface area contributed by atoms with E-state index in [1.807, 2.05) is 24.3 Å². The van der Waals surface area contributed by atoms with Gasteiger partial charge >= 0.3 is 0 Å². The summed E-state index contributed by atoms with van der Waals surface area (Å²) < 4.78 is 24.6. The molecule has 0 radical (unpaired) electrons. The Morgan fingerprint density at radius 3 is 2.46 bits per heavy atom. The number of amides is 1. The number of nitrogens with zero attached hydrogens (tertiary/aromatic N) is 3. The molecule has 0 N–H and O–H groups in total. The molecule has 1 aliphatic heterocycles. The van der Waals surface area contributed by atoms with E-state index in [0.717, 1.165) is 11.1 Å². The fourth-order valence-corrected chi connectivity index (χ4v) is 7.11. The van der Waals surface area contributed by atoms with Crippen molar-refractivity contribution in [2.75, 3.05) is 11.5 Å². The summed E-state index contributed by atoms with van der Waals surface area (Å²) in [6, 6.07) is 15.8. The quantitative estimate of drug-likeness (QED) is 0.267. The van der Waals surface area contributed by atoms with Crippen molar-refractivity contribution in [3.8, 4) is 0 Å². The normalized spacial score (nSPS) is 17.1. The maximum Gasteiger partial charge on any atom is 0.274 e. The Bertz CT molecular complexity index is 1390. The number of rotatable bonds is 7. The lowest BCUT2D eigenvalue weighted by Crippen LogP contribution is -2.41. The lowest BCUT2D eigenvalue weighted by molar-refractivity contribution is 0.0674. The molecule has 1 unspecified atom stereocenters. The predicted molar refractivity (Wildman–Crippen MR) is 150 cm³/mol. The molecule has 2 heterocycles. The Kier molecular flexibility index (Phi) is 8.31. The van der Waals surface area contributed by atoms with Crippen LogP contribution in [0.3, 0.4) is 0 Å². The number of carbonyl (C=O) groups is 1. The third kappa shape index (κ3) is 6.92. The van der Waals surface area contributed by atoms with Gasteiger partial charge in [-0.25, -0.2) is 18.4 Å². The molecule has 1 atom stereocenters. The molecular formula is C28H32ClN3O3S2. The molecule has 0 spiro atoms. The summed E-state index contributed by atoms with van der Waals surface area (Å²) in [6.45, 7) is 8.76. The highest BCUT2D eigenvalue weighted by atomic mass is 35.5. The molecule has 3 aromatic rings. The van der Waals surface area contributed by atoms with Crippen molar-refractivity contribution < 1.29 is 13.2 Å². The third-order valence-electron chi connectivity index (χ3n) is 6.63. The van der Waals surface area contributed by atoms with E-state index in [-0.39, 0.29) is 40.1 Å². The molecule has 0 aliphatic carbocycles. The van der Waals surface area contributed by atoms with Crippen LogP contribution in [-0.2, 0) is 27.5 Å².